The molecule has 0 fully saturated rings. The lowest BCUT2D eigenvalue weighted by atomic mass is 10.0. The normalized spacial score (nSPS) is 11.1. The van der Waals surface area contributed by atoms with Gasteiger partial charge in [0.05, 0.1) is 23.0 Å². The molecule has 0 unspecified atom stereocenters. The van der Waals surface area contributed by atoms with Gasteiger partial charge in [0.1, 0.15) is 30.6 Å². The summed E-state index contributed by atoms with van der Waals surface area (Å²) in [5, 5.41) is 2.95. The second-order valence-electron chi connectivity index (χ2n) is 8.73. The van der Waals surface area contributed by atoms with Crippen molar-refractivity contribution in [3.63, 3.8) is 0 Å². The minimum Gasteiger partial charge on any atom is -0.497 e. The fourth-order valence-corrected chi connectivity index (χ4v) is 4.08. The van der Waals surface area contributed by atoms with Crippen LogP contribution in [0.1, 0.15) is 17.5 Å². The van der Waals surface area contributed by atoms with Crippen molar-refractivity contribution in [2.24, 2.45) is 0 Å². The summed E-state index contributed by atoms with van der Waals surface area (Å²) in [4.78, 5) is 26.9. The molecule has 0 bridgehead atoms. The lowest BCUT2D eigenvalue weighted by Gasteiger charge is -2.15. The van der Waals surface area contributed by atoms with E-state index in [2.05, 4.69) is 5.32 Å². The van der Waals surface area contributed by atoms with Crippen LogP contribution in [0.5, 0.6) is 17.2 Å². The number of nitrogens with zero attached hydrogens (tertiary/aromatic N) is 1. The van der Waals surface area contributed by atoms with E-state index in [9.17, 15) is 9.59 Å². The third-order valence-electron chi connectivity index (χ3n) is 5.62. The van der Waals surface area contributed by atoms with Crippen LogP contribution in [-0.2, 0) is 20.9 Å². The van der Waals surface area contributed by atoms with Crippen molar-refractivity contribution in [1.82, 2.24) is 4.90 Å². The first-order valence-electron chi connectivity index (χ1n) is 12.4. The summed E-state index contributed by atoms with van der Waals surface area (Å²) < 4.78 is 27.7. The maximum atomic E-state index is 13.5. The van der Waals surface area contributed by atoms with Gasteiger partial charge < -0.3 is 33.9 Å². The third-order valence-corrected chi connectivity index (χ3v) is 6.73. The van der Waals surface area contributed by atoms with E-state index in [1.54, 1.807) is 46.5 Å². The second-order valence-corrected chi connectivity index (χ2v) is 9.81. The summed E-state index contributed by atoms with van der Waals surface area (Å²) in [5.74, 6) is 1.50. The number of anilines is 1. The summed E-state index contributed by atoms with van der Waals surface area (Å²) >= 11 is 2.05. The number of nitrogens with one attached hydrogen (secondary N) is 1. The Labute approximate surface area is 248 Å². The highest BCUT2D eigenvalue weighted by molar-refractivity contribution is 14.1. The van der Waals surface area contributed by atoms with Gasteiger partial charge in [0.2, 0.25) is 0 Å². The van der Waals surface area contributed by atoms with E-state index < -0.39 is 6.09 Å². The Bertz CT molecular complexity index is 1310. The van der Waals surface area contributed by atoms with E-state index in [1.165, 1.54) is 4.90 Å². The molecule has 0 radical (unpaired) electrons. The van der Waals surface area contributed by atoms with Crippen molar-refractivity contribution >= 4 is 46.4 Å². The average molecular weight is 661 g/mol. The number of carbonyl (C=O) groups is 2. The maximum Gasteiger partial charge on any atom is 0.414 e. The molecule has 10 heteroatoms. The topological polar surface area (TPSA) is 95.6 Å². The summed E-state index contributed by atoms with van der Waals surface area (Å²) in [7, 11) is 6.36. The molecule has 3 aromatic rings. The fourth-order valence-electron chi connectivity index (χ4n) is 3.48. The number of hydrogen-bond acceptors (Lipinski definition) is 7. The van der Waals surface area contributed by atoms with E-state index in [4.69, 9.17) is 23.7 Å². The highest BCUT2D eigenvalue weighted by atomic mass is 127. The molecule has 0 atom stereocenters. The number of hydrogen-bond donors (Lipinski definition) is 1. The molecule has 9 nitrogen and oxygen atoms in total. The van der Waals surface area contributed by atoms with Gasteiger partial charge in [-0.1, -0.05) is 30.3 Å². The van der Waals surface area contributed by atoms with Gasteiger partial charge in [0.15, 0.2) is 0 Å². The Morgan fingerprint density at radius 2 is 1.68 bits per heavy atom. The Kier molecular flexibility index (Phi) is 12.3. The SMILES string of the molecule is COCOCC/C(=C\c1ccccc1COc1ccc(OC)cc1)C(=O)Nc1cccc(OC(=O)N(C)C)c1I. The van der Waals surface area contributed by atoms with Crippen LogP contribution in [0.25, 0.3) is 6.08 Å². The van der Waals surface area contributed by atoms with Crippen LogP contribution < -0.4 is 19.5 Å². The number of amides is 2. The first-order valence-corrected chi connectivity index (χ1v) is 13.5. The molecule has 2 amide bonds. The van der Waals surface area contributed by atoms with Crippen LogP contribution >= 0.6 is 22.6 Å². The zero-order valence-corrected chi connectivity index (χ0v) is 25.1. The summed E-state index contributed by atoms with van der Waals surface area (Å²) in [6.07, 6.45) is 1.67. The zero-order chi connectivity index (χ0) is 28.9. The molecule has 40 heavy (non-hydrogen) atoms. The number of rotatable bonds is 13. The third kappa shape index (κ3) is 9.25. The van der Waals surface area contributed by atoms with Crippen molar-refractivity contribution < 1.29 is 33.3 Å². The van der Waals surface area contributed by atoms with Crippen molar-refractivity contribution in [3.05, 3.63) is 87.0 Å². The monoisotopic (exact) mass is 660 g/mol. The minimum atomic E-state index is -0.509. The van der Waals surface area contributed by atoms with Gasteiger partial charge in [-0.15, -0.1) is 0 Å². The molecule has 3 rings (SSSR count). The van der Waals surface area contributed by atoms with E-state index >= 15 is 0 Å². The van der Waals surface area contributed by atoms with Gasteiger partial charge >= 0.3 is 6.09 Å². The van der Waals surface area contributed by atoms with Crippen LogP contribution in [0.2, 0.25) is 0 Å². The highest BCUT2D eigenvalue weighted by Gasteiger charge is 2.17. The van der Waals surface area contributed by atoms with E-state index in [-0.39, 0.29) is 19.3 Å². The van der Waals surface area contributed by atoms with Crippen LogP contribution in [0.4, 0.5) is 10.5 Å². The van der Waals surface area contributed by atoms with Crippen molar-refractivity contribution in [2.75, 3.05) is 47.0 Å². The number of benzene rings is 3. The number of carbonyl (C=O) groups excluding carboxylic acids is 2. The molecule has 212 valence electrons. The average Bonchev–Trinajstić information content (AvgIpc) is 2.96. The number of ether oxygens (including phenoxy) is 5. The largest absolute Gasteiger partial charge is 0.497 e. The molecular weight excluding hydrogens is 627 g/mol. The predicted octanol–water partition coefficient (Wildman–Crippen LogP) is 5.97. The van der Waals surface area contributed by atoms with Crippen LogP contribution in [0.3, 0.4) is 0 Å². The van der Waals surface area contributed by atoms with Crippen molar-refractivity contribution in [2.45, 2.75) is 13.0 Å². The lowest BCUT2D eigenvalue weighted by molar-refractivity contribution is -0.113. The summed E-state index contributed by atoms with van der Waals surface area (Å²) in [6, 6.07) is 20.2. The standard InChI is InChI=1S/C30H33IN2O7/c1-33(2)30(35)40-27-11-7-10-26(28(27)31)32-29(34)22(16-17-38-20-36-3)18-21-8-5-6-9-23(21)19-39-25-14-12-24(37-4)13-15-25/h5-15,18H,16-17,19-20H2,1-4H3,(H,32,34)/b22-18+. The van der Waals surface area contributed by atoms with E-state index in [1.807, 2.05) is 77.2 Å². The molecule has 0 spiro atoms. The fraction of sp³-hybridized carbons (Fsp3) is 0.267. The molecule has 3 aromatic carbocycles. The molecule has 0 saturated carbocycles. The maximum absolute atomic E-state index is 13.5. The molecule has 0 aliphatic heterocycles. The first-order chi connectivity index (χ1) is 19.3. The molecule has 0 aromatic heterocycles. The Balaban J connectivity index is 1.83. The predicted molar refractivity (Wildman–Crippen MR) is 162 cm³/mol. The van der Waals surface area contributed by atoms with E-state index in [0.29, 0.717) is 39.4 Å². The van der Waals surface area contributed by atoms with Crippen LogP contribution in [0.15, 0.2) is 72.3 Å². The van der Waals surface area contributed by atoms with E-state index in [0.717, 1.165) is 16.9 Å². The lowest BCUT2D eigenvalue weighted by Crippen LogP contribution is -2.25. The zero-order valence-electron chi connectivity index (χ0n) is 22.9. The van der Waals surface area contributed by atoms with Gasteiger partial charge in [0.25, 0.3) is 5.91 Å². The van der Waals surface area contributed by atoms with Crippen molar-refractivity contribution in [3.8, 4) is 17.2 Å². The molecule has 0 aliphatic carbocycles. The molecule has 0 saturated heterocycles. The van der Waals surface area contributed by atoms with Gasteiger partial charge in [-0.25, -0.2) is 4.79 Å². The quantitative estimate of drug-likeness (QED) is 0.105. The smallest absolute Gasteiger partial charge is 0.414 e. The number of halogens is 1. The molecule has 1 N–H and O–H groups in total. The molecular formula is C30H33IN2O7. The van der Waals surface area contributed by atoms with Crippen LogP contribution in [-0.4, -0.2) is 58.6 Å². The second kappa shape index (κ2) is 15.8. The molecule has 0 aliphatic rings. The summed E-state index contributed by atoms with van der Waals surface area (Å²) in [6.45, 7) is 0.721. The number of methoxy groups -OCH3 is 2. The molecule has 0 heterocycles. The Morgan fingerprint density at radius 3 is 2.38 bits per heavy atom. The Morgan fingerprint density at radius 1 is 0.950 bits per heavy atom. The van der Waals surface area contributed by atoms with Gasteiger partial charge in [-0.05, 0) is 76.2 Å². The first kappa shape index (κ1) is 30.9. The van der Waals surface area contributed by atoms with Gasteiger partial charge in [-0.2, -0.15) is 0 Å². The van der Waals surface area contributed by atoms with Gasteiger partial charge in [0, 0.05) is 33.2 Å². The highest BCUT2D eigenvalue weighted by Crippen LogP contribution is 2.29. The Hall–Kier alpha value is -3.61. The van der Waals surface area contributed by atoms with Crippen molar-refractivity contribution in [1.29, 1.82) is 0 Å². The summed E-state index contributed by atoms with van der Waals surface area (Å²) in [5.41, 5.74) is 2.78. The van der Waals surface area contributed by atoms with Gasteiger partial charge in [-0.3, -0.25) is 4.79 Å². The minimum absolute atomic E-state index is 0.123. The van der Waals surface area contributed by atoms with Crippen LogP contribution in [0, 0.1) is 3.57 Å².